The zero-order valence-electron chi connectivity index (χ0n) is 24.6. The van der Waals surface area contributed by atoms with Gasteiger partial charge in [0.2, 0.25) is 17.7 Å². The van der Waals surface area contributed by atoms with Gasteiger partial charge in [-0.3, -0.25) is 14.5 Å². The van der Waals surface area contributed by atoms with Crippen molar-refractivity contribution in [2.75, 3.05) is 25.5 Å². The Labute approximate surface area is 270 Å². The number of hydrogen-bond donors (Lipinski definition) is 4. The van der Waals surface area contributed by atoms with Crippen LogP contribution in [0.5, 0.6) is 5.88 Å². The molecule has 5 rings (SSSR count). The lowest BCUT2D eigenvalue weighted by atomic mass is 9.85. The highest BCUT2D eigenvalue weighted by molar-refractivity contribution is 6.39. The molecule has 3 heterocycles. The van der Waals surface area contributed by atoms with Crippen molar-refractivity contribution in [2.24, 2.45) is 5.92 Å². The summed E-state index contributed by atoms with van der Waals surface area (Å²) in [7, 11) is 1.90. The Morgan fingerprint density at radius 2 is 1.87 bits per heavy atom. The number of rotatable bonds is 10. The van der Waals surface area contributed by atoms with Crippen molar-refractivity contribution in [3.8, 4) is 5.88 Å². The van der Waals surface area contributed by atoms with Crippen LogP contribution < -0.4 is 20.7 Å². The van der Waals surface area contributed by atoms with Crippen LogP contribution in [0.25, 0.3) is 11.2 Å². The molecule has 0 bridgehead atoms. The Bertz CT molecular complexity index is 1580. The lowest BCUT2D eigenvalue weighted by Gasteiger charge is -2.30. The van der Waals surface area contributed by atoms with Crippen molar-refractivity contribution in [1.29, 1.82) is 0 Å². The van der Waals surface area contributed by atoms with Crippen molar-refractivity contribution in [3.63, 3.8) is 0 Å². The molecule has 2 aromatic heterocycles. The summed E-state index contributed by atoms with van der Waals surface area (Å²) in [6.45, 7) is -0.0498. The second-order valence-electron chi connectivity index (χ2n) is 11.4. The molecule has 1 aliphatic heterocycles. The molecule has 4 N–H and O–H groups in total. The molecule has 2 amide bonds. The van der Waals surface area contributed by atoms with Crippen LogP contribution in [-0.4, -0.2) is 76.6 Å². The molecule has 1 aromatic carbocycles. The molecule has 46 heavy (non-hydrogen) atoms. The molecule has 0 unspecified atom stereocenters. The van der Waals surface area contributed by atoms with Crippen molar-refractivity contribution >= 4 is 57.8 Å². The number of nitrogens with zero attached hydrogens (tertiary/aromatic N) is 3. The molecule has 250 valence electrons. The molecule has 10 nitrogen and oxygen atoms in total. The molecular formula is C29H32Cl2F5N7O3. The van der Waals surface area contributed by atoms with Gasteiger partial charge in [-0.2, -0.15) is 23.1 Å². The van der Waals surface area contributed by atoms with Gasteiger partial charge in [-0.1, -0.05) is 29.3 Å². The van der Waals surface area contributed by atoms with Crippen LogP contribution in [0, 0.1) is 5.92 Å². The molecule has 1 saturated carbocycles. The summed E-state index contributed by atoms with van der Waals surface area (Å²) in [6.07, 6.45) is -5.50. The molecular weight excluding hydrogens is 660 g/mol. The fourth-order valence-electron chi connectivity index (χ4n) is 5.73. The number of likely N-dealkylation sites (tertiary alicyclic amines) is 1. The number of nitrogens with one attached hydrogen (secondary N) is 4. The highest BCUT2D eigenvalue weighted by Gasteiger charge is 2.41. The highest BCUT2D eigenvalue weighted by atomic mass is 35.5. The number of halogens is 7. The molecule has 2 fully saturated rings. The summed E-state index contributed by atoms with van der Waals surface area (Å²) in [5.74, 6) is -2.58. The van der Waals surface area contributed by atoms with Gasteiger partial charge in [-0.15, -0.1) is 0 Å². The SMILES string of the molecule is CN1CCC[C@H]1C(=O)NCc1ccc(Cl)c(Nc2nc3nc(OCC(F)F)c(C(=O)N[C@H]4CC[C@H](C(F)(F)F)CC4)cc3[nH]2)c1Cl. The van der Waals surface area contributed by atoms with Crippen LogP contribution >= 0.6 is 23.2 Å². The van der Waals surface area contributed by atoms with Gasteiger partial charge in [0, 0.05) is 12.6 Å². The first-order valence-electron chi connectivity index (χ1n) is 14.7. The van der Waals surface area contributed by atoms with Gasteiger partial charge >= 0.3 is 6.18 Å². The summed E-state index contributed by atoms with van der Waals surface area (Å²) >= 11 is 13.1. The number of alkyl halides is 5. The quantitative estimate of drug-likeness (QED) is 0.186. The van der Waals surface area contributed by atoms with E-state index in [-0.39, 0.29) is 82.6 Å². The van der Waals surface area contributed by atoms with Crippen molar-refractivity contribution in [2.45, 2.75) is 69.8 Å². The number of benzene rings is 1. The number of likely N-dealkylation sites (N-methyl/N-ethyl adjacent to an activating group) is 1. The first kappa shape index (κ1) is 33.9. The van der Waals surface area contributed by atoms with Crippen LogP contribution in [0.2, 0.25) is 10.0 Å². The van der Waals surface area contributed by atoms with Crippen LogP contribution in [0.1, 0.15) is 54.4 Å². The van der Waals surface area contributed by atoms with Crippen LogP contribution in [0.15, 0.2) is 18.2 Å². The minimum Gasteiger partial charge on any atom is -0.471 e. The van der Waals surface area contributed by atoms with E-state index in [1.54, 1.807) is 12.1 Å². The van der Waals surface area contributed by atoms with Crippen LogP contribution in [-0.2, 0) is 11.3 Å². The van der Waals surface area contributed by atoms with Crippen LogP contribution in [0.4, 0.5) is 33.6 Å². The second-order valence-corrected chi connectivity index (χ2v) is 12.2. The third-order valence-corrected chi connectivity index (χ3v) is 8.99. The van der Waals surface area contributed by atoms with E-state index in [1.807, 2.05) is 11.9 Å². The zero-order valence-corrected chi connectivity index (χ0v) is 26.1. The largest absolute Gasteiger partial charge is 0.471 e. The minimum atomic E-state index is -4.30. The van der Waals surface area contributed by atoms with Gasteiger partial charge in [0.15, 0.2) is 12.3 Å². The number of aromatic amines is 1. The first-order valence-corrected chi connectivity index (χ1v) is 15.5. The van der Waals surface area contributed by atoms with Gasteiger partial charge in [0.05, 0.1) is 33.2 Å². The third-order valence-electron chi connectivity index (χ3n) is 8.24. The number of H-pyrrole nitrogens is 1. The van der Waals surface area contributed by atoms with Crippen molar-refractivity contribution in [3.05, 3.63) is 39.4 Å². The van der Waals surface area contributed by atoms with E-state index in [4.69, 9.17) is 27.9 Å². The Morgan fingerprint density at radius 1 is 1.13 bits per heavy atom. The Kier molecular flexibility index (Phi) is 10.4. The number of hydrogen-bond acceptors (Lipinski definition) is 7. The average molecular weight is 693 g/mol. The standard InChI is InChI=1S/C29H32Cl2F5N7O3/c1-43-10-2-3-20(43)26(45)37-12-14-4-9-18(30)23(22(14)31)40-28-39-19-11-17(27(41-24(19)42-28)46-13-21(32)33)25(44)38-16-7-5-15(6-8-16)29(34,35)36/h4,9,11,15-16,20-21H,2-3,5-8,10,12-13H2,1H3,(H,37,45)(H,38,44)(H2,39,40,41,42)/t15-,16-,20-/m0/s1. The van der Waals surface area contributed by atoms with E-state index >= 15 is 0 Å². The van der Waals surface area contributed by atoms with Crippen molar-refractivity contribution in [1.82, 2.24) is 30.5 Å². The van der Waals surface area contributed by atoms with E-state index in [1.165, 1.54) is 6.07 Å². The summed E-state index contributed by atoms with van der Waals surface area (Å²) in [5.41, 5.74) is 0.916. The third kappa shape index (κ3) is 7.92. The molecule has 1 saturated heterocycles. The van der Waals surface area contributed by atoms with E-state index in [9.17, 15) is 31.5 Å². The fraction of sp³-hybridized carbons (Fsp3) is 0.517. The number of carbonyl (C=O) groups excluding carboxylic acids is 2. The minimum absolute atomic E-state index is 0.0188. The monoisotopic (exact) mass is 691 g/mol. The number of ether oxygens (including phenoxy) is 1. The molecule has 1 atom stereocenters. The maximum absolute atomic E-state index is 13.2. The normalized spacial score (nSPS) is 20.7. The van der Waals surface area contributed by atoms with E-state index < -0.39 is 43.0 Å². The zero-order chi connectivity index (χ0) is 33.2. The fourth-order valence-corrected chi connectivity index (χ4v) is 6.27. The Hall–Kier alpha value is -3.43. The Morgan fingerprint density at radius 3 is 2.52 bits per heavy atom. The summed E-state index contributed by atoms with van der Waals surface area (Å²) < 4.78 is 70.3. The van der Waals surface area contributed by atoms with E-state index in [2.05, 4.69) is 30.9 Å². The Balaban J connectivity index is 1.33. The first-order chi connectivity index (χ1) is 21.8. The molecule has 1 aliphatic carbocycles. The molecule has 0 radical (unpaired) electrons. The van der Waals surface area contributed by atoms with E-state index in [0.717, 1.165) is 19.4 Å². The lowest BCUT2D eigenvalue weighted by Crippen LogP contribution is -2.41. The number of fused-ring (bicyclic) bond motifs is 1. The van der Waals surface area contributed by atoms with Crippen LogP contribution in [0.3, 0.4) is 0 Å². The second kappa shape index (κ2) is 14.1. The molecule has 17 heteroatoms. The van der Waals surface area contributed by atoms with Crippen molar-refractivity contribution < 1.29 is 36.3 Å². The topological polar surface area (TPSA) is 124 Å². The van der Waals surface area contributed by atoms with Gasteiger partial charge < -0.3 is 25.7 Å². The maximum Gasteiger partial charge on any atom is 0.391 e. The molecule has 0 spiro atoms. The average Bonchev–Trinajstić information content (AvgIpc) is 3.61. The number of imidazole rings is 1. The van der Waals surface area contributed by atoms with Gasteiger partial charge in [0.1, 0.15) is 5.56 Å². The maximum atomic E-state index is 13.2. The summed E-state index contributed by atoms with van der Waals surface area (Å²) in [5, 5.41) is 9.02. The smallest absolute Gasteiger partial charge is 0.391 e. The number of carbonyl (C=O) groups is 2. The number of pyridine rings is 1. The highest BCUT2D eigenvalue weighted by Crippen LogP contribution is 2.38. The predicted octanol–water partition coefficient (Wildman–Crippen LogP) is 6.21. The van der Waals surface area contributed by atoms with Gasteiger partial charge in [-0.05, 0) is 69.8 Å². The van der Waals surface area contributed by atoms with Gasteiger partial charge in [0.25, 0.3) is 12.3 Å². The number of aromatic nitrogens is 3. The summed E-state index contributed by atoms with van der Waals surface area (Å²) in [6, 6.07) is 3.84. The lowest BCUT2D eigenvalue weighted by molar-refractivity contribution is -0.182. The number of anilines is 2. The predicted molar refractivity (Wildman–Crippen MR) is 162 cm³/mol. The summed E-state index contributed by atoms with van der Waals surface area (Å²) in [4.78, 5) is 39.2. The van der Waals surface area contributed by atoms with Gasteiger partial charge in [-0.25, -0.2) is 8.78 Å². The molecule has 3 aromatic rings. The molecule has 2 aliphatic rings. The van der Waals surface area contributed by atoms with E-state index in [0.29, 0.717) is 5.56 Å². The number of amides is 2.